The van der Waals surface area contributed by atoms with Crippen LogP contribution >= 0.6 is 0 Å². The van der Waals surface area contributed by atoms with E-state index in [1.165, 1.54) is 0 Å². The number of rotatable bonds is 5. The van der Waals surface area contributed by atoms with E-state index in [1.807, 2.05) is 25.1 Å². The van der Waals surface area contributed by atoms with Gasteiger partial charge in [-0.25, -0.2) is 0 Å². The van der Waals surface area contributed by atoms with Crippen molar-refractivity contribution < 1.29 is 19.7 Å². The van der Waals surface area contributed by atoms with Gasteiger partial charge in [0.2, 0.25) is 0 Å². The first-order valence-electron chi connectivity index (χ1n) is 7.53. The monoisotopic (exact) mass is 292 g/mol. The van der Waals surface area contributed by atoms with Gasteiger partial charge in [0.05, 0.1) is 19.1 Å². The molecule has 0 aliphatic heterocycles. The topological polar surface area (TPSA) is 66.8 Å². The van der Waals surface area contributed by atoms with Crippen molar-refractivity contribution in [1.29, 1.82) is 0 Å². The van der Waals surface area contributed by atoms with E-state index in [4.69, 9.17) is 4.74 Å². The van der Waals surface area contributed by atoms with E-state index in [9.17, 15) is 15.0 Å². The highest BCUT2D eigenvalue weighted by Gasteiger charge is 2.42. The molecule has 4 unspecified atom stereocenters. The molecule has 0 spiro atoms. The Labute approximate surface area is 125 Å². The third-order valence-electron chi connectivity index (χ3n) is 4.77. The summed E-state index contributed by atoms with van der Waals surface area (Å²) in [6.45, 7) is 4.00. The number of carboxylic acid groups (broad SMARTS) is 1. The van der Waals surface area contributed by atoms with E-state index in [2.05, 4.69) is 6.92 Å². The lowest BCUT2D eigenvalue weighted by molar-refractivity contribution is -0.144. The van der Waals surface area contributed by atoms with Crippen molar-refractivity contribution in [2.75, 3.05) is 7.11 Å². The number of ether oxygens (including phenoxy) is 1. The lowest BCUT2D eigenvalue weighted by Crippen LogP contribution is -2.23. The summed E-state index contributed by atoms with van der Waals surface area (Å²) in [5.74, 6) is -0.281. The minimum absolute atomic E-state index is 0.208. The first-order valence-corrected chi connectivity index (χ1v) is 7.53. The fourth-order valence-corrected chi connectivity index (χ4v) is 3.48. The third-order valence-corrected chi connectivity index (χ3v) is 4.77. The molecule has 1 aromatic carbocycles. The fourth-order valence-electron chi connectivity index (χ4n) is 3.48. The zero-order valence-electron chi connectivity index (χ0n) is 12.9. The molecule has 4 nitrogen and oxygen atoms in total. The summed E-state index contributed by atoms with van der Waals surface area (Å²) >= 11 is 0. The normalized spacial score (nSPS) is 26.6. The molecule has 116 valence electrons. The minimum atomic E-state index is -0.791. The summed E-state index contributed by atoms with van der Waals surface area (Å²) in [5.41, 5.74) is 1.73. The zero-order valence-corrected chi connectivity index (χ0v) is 12.9. The number of benzene rings is 1. The summed E-state index contributed by atoms with van der Waals surface area (Å²) in [4.78, 5) is 11.4. The van der Waals surface area contributed by atoms with Gasteiger partial charge < -0.3 is 14.9 Å². The Kier molecular flexibility index (Phi) is 4.88. The Bertz CT molecular complexity index is 512. The summed E-state index contributed by atoms with van der Waals surface area (Å²) in [7, 11) is 1.61. The van der Waals surface area contributed by atoms with Crippen molar-refractivity contribution in [3.63, 3.8) is 0 Å². The maximum absolute atomic E-state index is 11.4. The van der Waals surface area contributed by atoms with Gasteiger partial charge in [-0.15, -0.1) is 0 Å². The van der Waals surface area contributed by atoms with Crippen molar-refractivity contribution in [3.05, 3.63) is 29.3 Å². The zero-order chi connectivity index (χ0) is 15.6. The van der Waals surface area contributed by atoms with Crippen molar-refractivity contribution in [3.8, 4) is 5.75 Å². The second kappa shape index (κ2) is 6.48. The number of aliphatic carboxylic acids is 1. The van der Waals surface area contributed by atoms with Gasteiger partial charge in [-0.2, -0.15) is 0 Å². The van der Waals surface area contributed by atoms with Crippen LogP contribution in [0.15, 0.2) is 18.2 Å². The first kappa shape index (κ1) is 15.8. The quantitative estimate of drug-likeness (QED) is 0.874. The summed E-state index contributed by atoms with van der Waals surface area (Å²) in [5, 5.41) is 20.0. The molecule has 4 heteroatoms. The summed E-state index contributed by atoms with van der Waals surface area (Å²) < 4.78 is 5.22. The van der Waals surface area contributed by atoms with E-state index in [-0.39, 0.29) is 5.92 Å². The van der Waals surface area contributed by atoms with Gasteiger partial charge in [0.1, 0.15) is 5.75 Å². The molecule has 1 aliphatic carbocycles. The number of aliphatic hydroxyl groups excluding tert-OH is 1. The molecule has 0 heterocycles. The molecule has 0 amide bonds. The van der Waals surface area contributed by atoms with Crippen molar-refractivity contribution >= 4 is 5.97 Å². The number of methoxy groups -OCH3 is 1. The predicted molar refractivity (Wildman–Crippen MR) is 80.3 cm³/mol. The van der Waals surface area contributed by atoms with Crippen LogP contribution in [0.4, 0.5) is 0 Å². The standard InChI is InChI=1S/C17H24O4/c1-4-11-8-13(14(9-11)17(19)20)16(18)12-5-6-15(21-3)10(2)7-12/h5-7,11,13-14,16,18H,4,8-9H2,1-3H3,(H,19,20). The molecule has 0 saturated heterocycles. The highest BCUT2D eigenvalue weighted by molar-refractivity contribution is 5.71. The average Bonchev–Trinajstić information content (AvgIpc) is 2.90. The van der Waals surface area contributed by atoms with Crippen LogP contribution in [0, 0.1) is 24.7 Å². The van der Waals surface area contributed by atoms with Crippen LogP contribution in [-0.4, -0.2) is 23.3 Å². The van der Waals surface area contributed by atoms with Gasteiger partial charge in [0.25, 0.3) is 0 Å². The summed E-state index contributed by atoms with van der Waals surface area (Å²) in [6.07, 6.45) is 1.68. The number of hydrogen-bond acceptors (Lipinski definition) is 3. The van der Waals surface area contributed by atoms with Crippen LogP contribution < -0.4 is 4.74 Å². The van der Waals surface area contributed by atoms with Crippen molar-refractivity contribution in [2.45, 2.75) is 39.2 Å². The number of carboxylic acids is 1. The first-order chi connectivity index (χ1) is 9.97. The second-order valence-corrected chi connectivity index (χ2v) is 6.03. The molecule has 0 aromatic heterocycles. The molecule has 4 atom stereocenters. The Morgan fingerprint density at radius 2 is 2.14 bits per heavy atom. The Morgan fingerprint density at radius 1 is 1.43 bits per heavy atom. The molecule has 2 rings (SSSR count). The number of hydrogen-bond donors (Lipinski definition) is 2. The highest BCUT2D eigenvalue weighted by atomic mass is 16.5. The number of carbonyl (C=O) groups is 1. The molecule has 0 bridgehead atoms. The van der Waals surface area contributed by atoms with E-state index in [0.717, 1.165) is 29.7 Å². The maximum Gasteiger partial charge on any atom is 0.306 e. The third kappa shape index (κ3) is 3.21. The highest BCUT2D eigenvalue weighted by Crippen LogP contribution is 2.45. The Balaban J connectivity index is 2.23. The van der Waals surface area contributed by atoms with Crippen LogP contribution in [0.3, 0.4) is 0 Å². The lowest BCUT2D eigenvalue weighted by Gasteiger charge is -2.23. The van der Waals surface area contributed by atoms with Gasteiger partial charge in [0, 0.05) is 5.92 Å². The van der Waals surface area contributed by atoms with Crippen LogP contribution in [-0.2, 0) is 4.79 Å². The van der Waals surface area contributed by atoms with Crippen LogP contribution in [0.25, 0.3) is 0 Å². The molecule has 1 aliphatic rings. The van der Waals surface area contributed by atoms with Crippen LogP contribution in [0.5, 0.6) is 5.75 Å². The van der Waals surface area contributed by atoms with Gasteiger partial charge in [-0.3, -0.25) is 4.79 Å². The number of aliphatic hydroxyl groups is 1. The second-order valence-electron chi connectivity index (χ2n) is 6.03. The van der Waals surface area contributed by atoms with Crippen LogP contribution in [0.2, 0.25) is 0 Å². The maximum atomic E-state index is 11.4. The molecule has 1 saturated carbocycles. The Hall–Kier alpha value is -1.55. The van der Waals surface area contributed by atoms with E-state index in [0.29, 0.717) is 12.3 Å². The minimum Gasteiger partial charge on any atom is -0.496 e. The van der Waals surface area contributed by atoms with Gasteiger partial charge in [0.15, 0.2) is 0 Å². The lowest BCUT2D eigenvalue weighted by atomic mass is 9.86. The SMILES string of the molecule is CCC1CC(C(=O)O)C(C(O)c2ccc(OC)c(C)c2)C1. The van der Waals surface area contributed by atoms with E-state index < -0.39 is 18.0 Å². The Morgan fingerprint density at radius 3 is 2.67 bits per heavy atom. The predicted octanol–water partition coefficient (Wildman–Crippen LogP) is 3.17. The molecule has 0 radical (unpaired) electrons. The largest absolute Gasteiger partial charge is 0.496 e. The van der Waals surface area contributed by atoms with Crippen molar-refractivity contribution in [1.82, 2.24) is 0 Å². The molecule has 1 fully saturated rings. The molecule has 2 N–H and O–H groups in total. The van der Waals surface area contributed by atoms with E-state index >= 15 is 0 Å². The molecular formula is C17H24O4. The average molecular weight is 292 g/mol. The van der Waals surface area contributed by atoms with Gasteiger partial charge >= 0.3 is 5.97 Å². The van der Waals surface area contributed by atoms with Crippen molar-refractivity contribution in [2.24, 2.45) is 17.8 Å². The van der Waals surface area contributed by atoms with Gasteiger partial charge in [-0.1, -0.05) is 19.4 Å². The van der Waals surface area contributed by atoms with Gasteiger partial charge in [-0.05, 0) is 48.9 Å². The molecular weight excluding hydrogens is 268 g/mol. The number of aryl methyl sites for hydroxylation is 1. The molecule has 1 aromatic rings. The smallest absolute Gasteiger partial charge is 0.306 e. The fraction of sp³-hybridized carbons (Fsp3) is 0.588. The van der Waals surface area contributed by atoms with E-state index in [1.54, 1.807) is 7.11 Å². The van der Waals surface area contributed by atoms with Crippen LogP contribution in [0.1, 0.15) is 43.4 Å². The summed E-state index contributed by atoms with van der Waals surface area (Å²) in [6, 6.07) is 5.55. The molecule has 21 heavy (non-hydrogen) atoms.